The van der Waals surface area contributed by atoms with Gasteiger partial charge in [0.25, 0.3) is 5.91 Å². The van der Waals surface area contributed by atoms with E-state index in [0.717, 1.165) is 17.5 Å². The van der Waals surface area contributed by atoms with E-state index in [1.54, 1.807) is 12.1 Å². The number of sulfone groups is 1. The lowest BCUT2D eigenvalue weighted by Crippen LogP contribution is -2.24. The highest BCUT2D eigenvalue weighted by Crippen LogP contribution is 2.15. The SMILES string of the molecule is Cc1cccn2cc(CNC(=O)c3ccccc3S(C)(=O)=O)nc12. The van der Waals surface area contributed by atoms with Crippen molar-refractivity contribution in [3.05, 3.63) is 65.6 Å². The van der Waals surface area contributed by atoms with Crippen molar-refractivity contribution < 1.29 is 13.2 Å². The zero-order valence-electron chi connectivity index (χ0n) is 13.4. The number of aromatic nitrogens is 2. The van der Waals surface area contributed by atoms with Crippen molar-refractivity contribution in [1.29, 1.82) is 0 Å². The first-order valence-corrected chi connectivity index (χ1v) is 9.26. The predicted molar refractivity (Wildman–Crippen MR) is 90.7 cm³/mol. The second-order valence-electron chi connectivity index (χ2n) is 5.61. The maximum absolute atomic E-state index is 12.4. The third-order valence-corrected chi connectivity index (χ3v) is 4.84. The van der Waals surface area contributed by atoms with Crippen LogP contribution in [0.4, 0.5) is 0 Å². The van der Waals surface area contributed by atoms with E-state index in [2.05, 4.69) is 10.3 Å². The maximum atomic E-state index is 12.4. The quantitative estimate of drug-likeness (QED) is 0.785. The van der Waals surface area contributed by atoms with Gasteiger partial charge in [-0.2, -0.15) is 0 Å². The van der Waals surface area contributed by atoms with Crippen LogP contribution >= 0.6 is 0 Å². The van der Waals surface area contributed by atoms with Crippen molar-refractivity contribution in [1.82, 2.24) is 14.7 Å². The fraction of sp³-hybridized carbons (Fsp3) is 0.176. The molecule has 0 fully saturated rings. The highest BCUT2D eigenvalue weighted by atomic mass is 32.2. The molecular weight excluding hydrogens is 326 g/mol. The Morgan fingerprint density at radius 1 is 1.21 bits per heavy atom. The fourth-order valence-corrected chi connectivity index (χ4v) is 3.42. The topological polar surface area (TPSA) is 80.5 Å². The Hall–Kier alpha value is -2.67. The summed E-state index contributed by atoms with van der Waals surface area (Å²) in [6, 6.07) is 10.1. The summed E-state index contributed by atoms with van der Waals surface area (Å²) in [4.78, 5) is 16.9. The average Bonchev–Trinajstić information content (AvgIpc) is 2.96. The largest absolute Gasteiger partial charge is 0.346 e. The summed E-state index contributed by atoms with van der Waals surface area (Å²) in [5, 5.41) is 2.73. The number of carbonyl (C=O) groups excluding carboxylic acids is 1. The monoisotopic (exact) mass is 343 g/mol. The molecule has 0 aliphatic heterocycles. The number of carbonyl (C=O) groups is 1. The molecule has 0 spiro atoms. The highest BCUT2D eigenvalue weighted by molar-refractivity contribution is 7.90. The van der Waals surface area contributed by atoms with Gasteiger partial charge in [-0.3, -0.25) is 4.79 Å². The van der Waals surface area contributed by atoms with Gasteiger partial charge in [0.05, 0.1) is 22.7 Å². The molecule has 2 aromatic heterocycles. The van der Waals surface area contributed by atoms with Gasteiger partial charge in [-0.1, -0.05) is 18.2 Å². The van der Waals surface area contributed by atoms with E-state index < -0.39 is 15.7 Å². The van der Waals surface area contributed by atoms with Crippen LogP contribution in [0.15, 0.2) is 53.7 Å². The van der Waals surface area contributed by atoms with Gasteiger partial charge in [0.1, 0.15) is 5.65 Å². The zero-order chi connectivity index (χ0) is 17.3. The third-order valence-electron chi connectivity index (χ3n) is 3.69. The first-order chi connectivity index (χ1) is 11.4. The summed E-state index contributed by atoms with van der Waals surface area (Å²) >= 11 is 0. The van der Waals surface area contributed by atoms with Crippen LogP contribution in [0.25, 0.3) is 5.65 Å². The lowest BCUT2D eigenvalue weighted by atomic mass is 10.2. The van der Waals surface area contributed by atoms with Crippen molar-refractivity contribution in [2.45, 2.75) is 18.4 Å². The van der Waals surface area contributed by atoms with Crippen molar-refractivity contribution in [3.63, 3.8) is 0 Å². The van der Waals surface area contributed by atoms with Gasteiger partial charge in [-0.25, -0.2) is 13.4 Å². The van der Waals surface area contributed by atoms with Crippen LogP contribution in [0.1, 0.15) is 21.6 Å². The number of hydrogen-bond donors (Lipinski definition) is 1. The molecule has 0 radical (unpaired) electrons. The summed E-state index contributed by atoms with van der Waals surface area (Å²) in [6.45, 7) is 2.19. The molecule has 0 atom stereocenters. The molecule has 124 valence electrons. The summed E-state index contributed by atoms with van der Waals surface area (Å²) in [7, 11) is -3.47. The Morgan fingerprint density at radius 3 is 2.67 bits per heavy atom. The minimum absolute atomic E-state index is 0.0216. The number of rotatable bonds is 4. The van der Waals surface area contributed by atoms with E-state index >= 15 is 0 Å². The number of fused-ring (bicyclic) bond motifs is 1. The number of imidazole rings is 1. The number of nitrogens with zero attached hydrogens (tertiary/aromatic N) is 2. The molecule has 0 aliphatic rings. The number of benzene rings is 1. The molecule has 0 bridgehead atoms. The molecule has 7 heteroatoms. The normalized spacial score (nSPS) is 11.6. The highest BCUT2D eigenvalue weighted by Gasteiger charge is 2.18. The van der Waals surface area contributed by atoms with Crippen molar-refractivity contribution in [2.24, 2.45) is 0 Å². The van der Waals surface area contributed by atoms with Gasteiger partial charge in [-0.05, 0) is 30.7 Å². The number of amides is 1. The lowest BCUT2D eigenvalue weighted by molar-refractivity contribution is 0.0947. The molecule has 3 aromatic rings. The standard InChI is InChI=1S/C17H17N3O3S/c1-12-6-5-9-20-11-13(19-16(12)20)10-18-17(21)14-7-3-4-8-15(14)24(2,22)23/h3-9,11H,10H2,1-2H3,(H,18,21). The summed E-state index contributed by atoms with van der Waals surface area (Å²) in [5.41, 5.74) is 2.71. The van der Waals surface area contributed by atoms with E-state index in [9.17, 15) is 13.2 Å². The van der Waals surface area contributed by atoms with Crippen LogP contribution in [0, 0.1) is 6.92 Å². The van der Waals surface area contributed by atoms with Crippen LogP contribution in [-0.2, 0) is 16.4 Å². The van der Waals surface area contributed by atoms with Crippen LogP contribution < -0.4 is 5.32 Å². The lowest BCUT2D eigenvalue weighted by Gasteiger charge is -2.07. The molecule has 0 aliphatic carbocycles. The summed E-state index contributed by atoms with van der Waals surface area (Å²) in [5.74, 6) is -0.440. The first-order valence-electron chi connectivity index (χ1n) is 7.37. The van der Waals surface area contributed by atoms with E-state index in [1.807, 2.05) is 35.9 Å². The predicted octanol–water partition coefficient (Wildman–Crippen LogP) is 1.98. The van der Waals surface area contributed by atoms with Gasteiger partial charge in [0.2, 0.25) is 0 Å². The van der Waals surface area contributed by atoms with Crippen LogP contribution in [0.2, 0.25) is 0 Å². The van der Waals surface area contributed by atoms with Crippen LogP contribution in [0.5, 0.6) is 0 Å². The molecule has 1 aromatic carbocycles. The van der Waals surface area contributed by atoms with Crippen molar-refractivity contribution in [3.8, 4) is 0 Å². The van der Waals surface area contributed by atoms with E-state index in [0.29, 0.717) is 5.69 Å². The molecule has 3 rings (SSSR count). The summed E-state index contributed by atoms with van der Waals surface area (Å²) < 4.78 is 25.5. The minimum atomic E-state index is -3.47. The van der Waals surface area contributed by atoms with E-state index in [4.69, 9.17) is 0 Å². The maximum Gasteiger partial charge on any atom is 0.252 e. The second-order valence-corrected chi connectivity index (χ2v) is 7.59. The molecule has 0 saturated carbocycles. The molecule has 0 unspecified atom stereocenters. The van der Waals surface area contributed by atoms with Crippen molar-refractivity contribution in [2.75, 3.05) is 6.26 Å². The van der Waals surface area contributed by atoms with E-state index in [1.165, 1.54) is 12.1 Å². The molecule has 2 heterocycles. The number of hydrogen-bond acceptors (Lipinski definition) is 4. The Morgan fingerprint density at radius 2 is 1.96 bits per heavy atom. The van der Waals surface area contributed by atoms with E-state index in [-0.39, 0.29) is 17.0 Å². The first kappa shape index (κ1) is 16.2. The minimum Gasteiger partial charge on any atom is -0.346 e. The summed E-state index contributed by atoms with van der Waals surface area (Å²) in [6.07, 6.45) is 4.81. The Balaban J connectivity index is 1.82. The molecule has 24 heavy (non-hydrogen) atoms. The third kappa shape index (κ3) is 3.16. The van der Waals surface area contributed by atoms with Crippen molar-refractivity contribution >= 4 is 21.4 Å². The number of aryl methyl sites for hydroxylation is 1. The van der Waals surface area contributed by atoms with Crippen LogP contribution in [-0.4, -0.2) is 30.0 Å². The fourth-order valence-electron chi connectivity index (χ4n) is 2.53. The zero-order valence-corrected chi connectivity index (χ0v) is 14.2. The van der Waals surface area contributed by atoms with Gasteiger partial charge in [-0.15, -0.1) is 0 Å². The second kappa shape index (κ2) is 6.09. The van der Waals surface area contributed by atoms with Gasteiger partial charge in [0.15, 0.2) is 9.84 Å². The molecule has 6 nitrogen and oxygen atoms in total. The number of nitrogens with one attached hydrogen (secondary N) is 1. The van der Waals surface area contributed by atoms with Gasteiger partial charge >= 0.3 is 0 Å². The smallest absolute Gasteiger partial charge is 0.252 e. The molecule has 1 N–H and O–H groups in total. The van der Waals surface area contributed by atoms with Crippen LogP contribution in [0.3, 0.4) is 0 Å². The Bertz CT molecular complexity index is 1020. The molecule has 1 amide bonds. The average molecular weight is 343 g/mol. The number of pyridine rings is 1. The Kier molecular flexibility index (Phi) is 4.11. The van der Waals surface area contributed by atoms with Gasteiger partial charge in [0, 0.05) is 18.6 Å². The molecule has 0 saturated heterocycles. The Labute approximate surface area is 140 Å². The molecular formula is C17H17N3O3S. The van der Waals surface area contributed by atoms with Gasteiger partial charge < -0.3 is 9.72 Å².